The van der Waals surface area contributed by atoms with Gasteiger partial charge in [0.25, 0.3) is 5.78 Å². The number of aromatic nitrogens is 4. The Morgan fingerprint density at radius 1 is 1.38 bits per heavy atom. The van der Waals surface area contributed by atoms with Crippen LogP contribution in [-0.2, 0) is 4.74 Å². The van der Waals surface area contributed by atoms with Gasteiger partial charge in [0, 0.05) is 18.3 Å². The van der Waals surface area contributed by atoms with Crippen molar-refractivity contribution in [2.75, 3.05) is 18.5 Å². The molecule has 3 rings (SSSR count). The van der Waals surface area contributed by atoms with Crippen molar-refractivity contribution in [1.82, 2.24) is 19.6 Å². The SMILES string of the molecule is Cc1cc(NCCO[C@@H]2CCCC[C@H]2C)n2ncnc2n1. The second kappa shape index (κ2) is 6.39. The molecular formula is C15H23N5O. The van der Waals surface area contributed by atoms with Crippen LogP contribution in [0.1, 0.15) is 38.3 Å². The van der Waals surface area contributed by atoms with Crippen LogP contribution < -0.4 is 5.32 Å². The van der Waals surface area contributed by atoms with Gasteiger partial charge >= 0.3 is 0 Å². The molecule has 21 heavy (non-hydrogen) atoms. The standard InChI is InChI=1S/C15H23N5O/c1-11-5-3-4-6-13(11)21-8-7-16-14-9-12(2)19-15-17-10-18-20(14)15/h9-11,13,16H,3-8H2,1-2H3/t11-,13-/m1/s1. The van der Waals surface area contributed by atoms with E-state index in [0.717, 1.165) is 18.1 Å². The van der Waals surface area contributed by atoms with Crippen LogP contribution in [0.3, 0.4) is 0 Å². The van der Waals surface area contributed by atoms with Crippen molar-refractivity contribution in [1.29, 1.82) is 0 Å². The highest BCUT2D eigenvalue weighted by Crippen LogP contribution is 2.26. The van der Waals surface area contributed by atoms with Crippen LogP contribution in [0.25, 0.3) is 5.78 Å². The Hall–Kier alpha value is -1.69. The van der Waals surface area contributed by atoms with Gasteiger partial charge in [-0.25, -0.2) is 4.98 Å². The fourth-order valence-electron chi connectivity index (χ4n) is 2.98. The Balaban J connectivity index is 1.53. The van der Waals surface area contributed by atoms with Crippen molar-refractivity contribution in [3.8, 4) is 0 Å². The van der Waals surface area contributed by atoms with E-state index in [1.807, 2.05) is 13.0 Å². The number of aryl methyl sites for hydroxylation is 1. The highest BCUT2D eigenvalue weighted by Gasteiger charge is 2.21. The van der Waals surface area contributed by atoms with E-state index in [1.165, 1.54) is 32.0 Å². The zero-order chi connectivity index (χ0) is 14.7. The maximum atomic E-state index is 6.02. The van der Waals surface area contributed by atoms with Crippen LogP contribution in [-0.4, -0.2) is 38.8 Å². The predicted octanol–water partition coefficient (Wildman–Crippen LogP) is 2.44. The first-order chi connectivity index (χ1) is 10.2. The summed E-state index contributed by atoms with van der Waals surface area (Å²) in [6.07, 6.45) is 7.08. The number of nitrogens with one attached hydrogen (secondary N) is 1. The van der Waals surface area contributed by atoms with Crippen LogP contribution >= 0.6 is 0 Å². The summed E-state index contributed by atoms with van der Waals surface area (Å²) in [6.45, 7) is 5.73. The Labute approximate surface area is 124 Å². The summed E-state index contributed by atoms with van der Waals surface area (Å²) in [5.74, 6) is 2.22. The number of hydrogen-bond acceptors (Lipinski definition) is 5. The van der Waals surface area contributed by atoms with Gasteiger partial charge in [-0.05, 0) is 25.7 Å². The third-order valence-electron chi connectivity index (χ3n) is 4.15. The molecule has 0 bridgehead atoms. The number of ether oxygens (including phenoxy) is 1. The number of rotatable bonds is 5. The Bertz CT molecular complexity index is 597. The third-order valence-corrected chi connectivity index (χ3v) is 4.15. The second-order valence-corrected chi connectivity index (χ2v) is 5.85. The largest absolute Gasteiger partial charge is 0.376 e. The van der Waals surface area contributed by atoms with Crippen LogP contribution in [0.2, 0.25) is 0 Å². The van der Waals surface area contributed by atoms with E-state index in [2.05, 4.69) is 27.3 Å². The molecule has 114 valence electrons. The molecule has 0 unspecified atom stereocenters. The zero-order valence-electron chi connectivity index (χ0n) is 12.7. The van der Waals surface area contributed by atoms with Crippen molar-refractivity contribution >= 4 is 11.6 Å². The molecular weight excluding hydrogens is 266 g/mol. The molecule has 2 atom stereocenters. The minimum absolute atomic E-state index is 0.422. The van der Waals surface area contributed by atoms with E-state index in [-0.39, 0.29) is 0 Å². The van der Waals surface area contributed by atoms with Gasteiger partial charge in [0.1, 0.15) is 12.1 Å². The third kappa shape index (κ3) is 3.32. The lowest BCUT2D eigenvalue weighted by Gasteiger charge is -2.28. The summed E-state index contributed by atoms with van der Waals surface area (Å²) in [4.78, 5) is 8.45. The topological polar surface area (TPSA) is 64.3 Å². The number of hydrogen-bond donors (Lipinski definition) is 1. The molecule has 6 nitrogen and oxygen atoms in total. The van der Waals surface area contributed by atoms with E-state index in [1.54, 1.807) is 4.52 Å². The molecule has 1 aliphatic carbocycles. The average Bonchev–Trinajstić information content (AvgIpc) is 2.93. The van der Waals surface area contributed by atoms with E-state index >= 15 is 0 Å². The fraction of sp³-hybridized carbons (Fsp3) is 0.667. The summed E-state index contributed by atoms with van der Waals surface area (Å²) in [7, 11) is 0. The molecule has 2 heterocycles. The fourth-order valence-corrected chi connectivity index (χ4v) is 2.98. The van der Waals surface area contributed by atoms with Gasteiger partial charge in [-0.15, -0.1) is 0 Å². The minimum Gasteiger partial charge on any atom is -0.376 e. The highest BCUT2D eigenvalue weighted by atomic mass is 16.5. The van der Waals surface area contributed by atoms with Crippen LogP contribution in [0.4, 0.5) is 5.82 Å². The van der Waals surface area contributed by atoms with E-state index in [9.17, 15) is 0 Å². The molecule has 0 amide bonds. The first-order valence-electron chi connectivity index (χ1n) is 7.77. The Kier molecular flexibility index (Phi) is 4.34. The van der Waals surface area contributed by atoms with Crippen molar-refractivity contribution in [3.63, 3.8) is 0 Å². The predicted molar refractivity (Wildman–Crippen MR) is 81.4 cm³/mol. The summed E-state index contributed by atoms with van der Waals surface area (Å²) in [5.41, 5.74) is 0.930. The van der Waals surface area contributed by atoms with E-state index in [0.29, 0.717) is 24.4 Å². The maximum Gasteiger partial charge on any atom is 0.254 e. The van der Waals surface area contributed by atoms with Crippen molar-refractivity contribution in [3.05, 3.63) is 18.1 Å². The normalized spacial score (nSPS) is 22.6. The summed E-state index contributed by atoms with van der Waals surface area (Å²) in [5, 5.41) is 7.54. The van der Waals surface area contributed by atoms with Crippen molar-refractivity contribution in [2.24, 2.45) is 5.92 Å². The molecule has 0 saturated heterocycles. The second-order valence-electron chi connectivity index (χ2n) is 5.85. The molecule has 2 aromatic heterocycles. The zero-order valence-corrected chi connectivity index (χ0v) is 12.7. The quantitative estimate of drug-likeness (QED) is 0.856. The van der Waals surface area contributed by atoms with Gasteiger partial charge in [0.05, 0.1) is 12.7 Å². The van der Waals surface area contributed by atoms with Crippen molar-refractivity contribution in [2.45, 2.75) is 45.6 Å². The Morgan fingerprint density at radius 3 is 3.10 bits per heavy atom. The van der Waals surface area contributed by atoms with Gasteiger partial charge in [-0.2, -0.15) is 14.6 Å². The van der Waals surface area contributed by atoms with Gasteiger partial charge in [0.2, 0.25) is 0 Å². The molecule has 0 spiro atoms. The lowest BCUT2D eigenvalue weighted by atomic mass is 9.88. The highest BCUT2D eigenvalue weighted by molar-refractivity contribution is 5.44. The molecule has 2 aromatic rings. The monoisotopic (exact) mass is 289 g/mol. The van der Waals surface area contributed by atoms with Gasteiger partial charge in [-0.3, -0.25) is 0 Å². The molecule has 1 aliphatic rings. The molecule has 1 saturated carbocycles. The molecule has 1 fully saturated rings. The maximum absolute atomic E-state index is 6.02. The summed E-state index contributed by atoms with van der Waals surface area (Å²) in [6, 6.07) is 1.98. The lowest BCUT2D eigenvalue weighted by Crippen LogP contribution is -2.27. The number of fused-ring (bicyclic) bond motifs is 1. The molecule has 1 N–H and O–H groups in total. The summed E-state index contributed by atoms with van der Waals surface area (Å²) >= 11 is 0. The average molecular weight is 289 g/mol. The van der Waals surface area contributed by atoms with E-state index in [4.69, 9.17) is 4.74 Å². The van der Waals surface area contributed by atoms with Gasteiger partial charge < -0.3 is 10.1 Å². The lowest BCUT2D eigenvalue weighted by molar-refractivity contribution is 0.000363. The first-order valence-corrected chi connectivity index (χ1v) is 7.77. The molecule has 0 aromatic carbocycles. The number of nitrogens with zero attached hydrogens (tertiary/aromatic N) is 4. The van der Waals surface area contributed by atoms with E-state index < -0.39 is 0 Å². The molecule has 0 aliphatic heterocycles. The molecule has 6 heteroatoms. The molecule has 0 radical (unpaired) electrons. The van der Waals surface area contributed by atoms with Crippen LogP contribution in [0.5, 0.6) is 0 Å². The van der Waals surface area contributed by atoms with Gasteiger partial charge in [0.15, 0.2) is 0 Å². The first kappa shape index (κ1) is 14.3. The van der Waals surface area contributed by atoms with Crippen LogP contribution in [0.15, 0.2) is 12.4 Å². The van der Waals surface area contributed by atoms with Crippen molar-refractivity contribution < 1.29 is 4.74 Å². The van der Waals surface area contributed by atoms with Crippen LogP contribution in [0, 0.1) is 12.8 Å². The summed E-state index contributed by atoms with van der Waals surface area (Å²) < 4.78 is 7.74. The van der Waals surface area contributed by atoms with Gasteiger partial charge in [-0.1, -0.05) is 19.8 Å². The smallest absolute Gasteiger partial charge is 0.254 e. The Morgan fingerprint density at radius 2 is 2.24 bits per heavy atom. The number of anilines is 1. The minimum atomic E-state index is 0.422.